The monoisotopic (exact) mass is 502 g/mol. The van der Waals surface area contributed by atoms with E-state index >= 15 is 0 Å². The molecule has 1 fully saturated rings. The third-order valence-corrected chi connectivity index (χ3v) is 5.99. The smallest absolute Gasteiger partial charge is 0.416 e. The lowest BCUT2D eigenvalue weighted by atomic mass is 10.1. The van der Waals surface area contributed by atoms with Gasteiger partial charge in [0.1, 0.15) is 11.4 Å². The molecule has 0 bridgehead atoms. The van der Waals surface area contributed by atoms with Gasteiger partial charge in [-0.25, -0.2) is 14.6 Å². The number of esters is 1. The first-order chi connectivity index (χ1) is 17.7. The predicted octanol–water partition coefficient (Wildman–Crippen LogP) is 5.22. The number of rotatable bonds is 7. The molecule has 3 heterocycles. The Morgan fingerprint density at radius 1 is 1.11 bits per heavy atom. The SMILES string of the molecule is CCOC(=O)C=Cc1ccc(N(C(=O)OC(C)(C)C)[C@@H]2CCN(Cc3cc4ccccc4cn3)C2)nc1. The number of amides is 1. The lowest BCUT2D eigenvalue weighted by Crippen LogP contribution is -2.45. The standard InChI is InChI=1S/C29H34N4O4/c1-5-36-27(34)13-11-21-10-12-26(31-17-21)33(28(35)37-29(2,3)4)25-14-15-32(20-25)19-24-16-22-8-6-7-9-23(22)18-30-24/h6-13,16-18,25H,5,14-15,19-20H2,1-4H3/t25-/m1/s1. The molecule has 1 amide bonds. The van der Waals surface area contributed by atoms with Crippen molar-refractivity contribution >= 4 is 34.7 Å². The predicted molar refractivity (Wildman–Crippen MR) is 144 cm³/mol. The molecule has 8 nitrogen and oxygen atoms in total. The van der Waals surface area contributed by atoms with Gasteiger partial charge in [0.05, 0.1) is 18.3 Å². The van der Waals surface area contributed by atoms with Crippen LogP contribution in [0.3, 0.4) is 0 Å². The molecular weight excluding hydrogens is 468 g/mol. The second kappa shape index (κ2) is 11.5. The number of likely N-dealkylation sites (tertiary alicyclic amines) is 1. The van der Waals surface area contributed by atoms with Crippen LogP contribution in [0.2, 0.25) is 0 Å². The summed E-state index contributed by atoms with van der Waals surface area (Å²) in [5.41, 5.74) is 1.10. The Morgan fingerprint density at radius 3 is 2.59 bits per heavy atom. The summed E-state index contributed by atoms with van der Waals surface area (Å²) in [5, 5.41) is 2.29. The summed E-state index contributed by atoms with van der Waals surface area (Å²) >= 11 is 0. The van der Waals surface area contributed by atoms with Crippen LogP contribution in [0.4, 0.5) is 10.6 Å². The minimum atomic E-state index is -0.634. The van der Waals surface area contributed by atoms with Crippen LogP contribution >= 0.6 is 0 Å². The van der Waals surface area contributed by atoms with Gasteiger partial charge in [-0.05, 0) is 69.3 Å². The summed E-state index contributed by atoms with van der Waals surface area (Å²) in [5.74, 6) is 0.104. The maximum atomic E-state index is 13.3. The molecule has 3 aromatic rings. The number of ether oxygens (including phenoxy) is 2. The van der Waals surface area contributed by atoms with Crippen molar-refractivity contribution in [3.63, 3.8) is 0 Å². The molecule has 1 aliphatic rings. The number of hydrogen-bond donors (Lipinski definition) is 0. The molecule has 2 aromatic heterocycles. The highest BCUT2D eigenvalue weighted by molar-refractivity contribution is 5.88. The number of carbonyl (C=O) groups excluding carboxylic acids is 2. The van der Waals surface area contributed by atoms with Crippen molar-refractivity contribution in [3.8, 4) is 0 Å². The van der Waals surface area contributed by atoms with E-state index in [1.54, 1.807) is 30.2 Å². The zero-order valence-electron chi connectivity index (χ0n) is 21.9. The Hall–Kier alpha value is -3.78. The molecule has 1 aliphatic heterocycles. The largest absolute Gasteiger partial charge is 0.463 e. The summed E-state index contributed by atoms with van der Waals surface area (Å²) in [6.07, 6.45) is 6.91. The molecule has 0 spiro atoms. The molecule has 0 unspecified atom stereocenters. The summed E-state index contributed by atoms with van der Waals surface area (Å²) < 4.78 is 10.7. The first-order valence-corrected chi connectivity index (χ1v) is 12.6. The molecule has 1 saturated heterocycles. The lowest BCUT2D eigenvalue weighted by molar-refractivity contribution is -0.137. The molecule has 37 heavy (non-hydrogen) atoms. The summed E-state index contributed by atoms with van der Waals surface area (Å²) in [6.45, 7) is 9.86. The van der Waals surface area contributed by atoms with Crippen LogP contribution in [0.25, 0.3) is 16.8 Å². The van der Waals surface area contributed by atoms with Crippen LogP contribution in [0, 0.1) is 0 Å². The maximum Gasteiger partial charge on any atom is 0.416 e. The van der Waals surface area contributed by atoms with Gasteiger partial charge in [-0.2, -0.15) is 0 Å². The van der Waals surface area contributed by atoms with Crippen LogP contribution in [0.1, 0.15) is 45.4 Å². The molecule has 0 radical (unpaired) electrons. The quantitative estimate of drug-likeness (QED) is 0.323. The molecule has 194 valence electrons. The van der Waals surface area contributed by atoms with Gasteiger partial charge in [0, 0.05) is 43.5 Å². The zero-order chi connectivity index (χ0) is 26.4. The van der Waals surface area contributed by atoms with Crippen molar-refractivity contribution in [2.24, 2.45) is 0 Å². The number of nitrogens with zero attached hydrogens (tertiary/aromatic N) is 4. The van der Waals surface area contributed by atoms with Crippen molar-refractivity contribution in [3.05, 3.63) is 72.2 Å². The minimum absolute atomic E-state index is 0.0938. The molecule has 4 rings (SSSR count). The molecular formula is C29H34N4O4. The molecule has 0 aliphatic carbocycles. The first-order valence-electron chi connectivity index (χ1n) is 12.6. The van der Waals surface area contributed by atoms with Crippen molar-refractivity contribution in [1.29, 1.82) is 0 Å². The topological polar surface area (TPSA) is 84.9 Å². The van der Waals surface area contributed by atoms with E-state index in [0.717, 1.165) is 29.6 Å². The van der Waals surface area contributed by atoms with Gasteiger partial charge in [0.15, 0.2) is 0 Å². The highest BCUT2D eigenvalue weighted by atomic mass is 16.6. The van der Waals surface area contributed by atoms with Gasteiger partial charge in [-0.1, -0.05) is 24.3 Å². The second-order valence-corrected chi connectivity index (χ2v) is 10.1. The number of carbonyl (C=O) groups is 2. The van der Waals surface area contributed by atoms with E-state index in [2.05, 4.69) is 33.1 Å². The number of benzene rings is 1. The molecule has 0 N–H and O–H groups in total. The van der Waals surface area contributed by atoms with Gasteiger partial charge in [0.25, 0.3) is 0 Å². The van der Waals surface area contributed by atoms with Crippen molar-refractivity contribution in [2.75, 3.05) is 24.6 Å². The fourth-order valence-corrected chi connectivity index (χ4v) is 4.35. The fourth-order valence-electron chi connectivity index (χ4n) is 4.35. The summed E-state index contributed by atoms with van der Waals surface area (Å²) in [4.78, 5) is 38.0. The Labute approximate surface area is 217 Å². The Morgan fingerprint density at radius 2 is 1.89 bits per heavy atom. The van der Waals surface area contributed by atoms with Gasteiger partial charge >= 0.3 is 12.1 Å². The number of fused-ring (bicyclic) bond motifs is 1. The van der Waals surface area contributed by atoms with E-state index in [1.165, 1.54) is 11.5 Å². The van der Waals surface area contributed by atoms with Crippen LogP contribution in [-0.4, -0.2) is 58.3 Å². The van der Waals surface area contributed by atoms with E-state index in [0.29, 0.717) is 25.5 Å². The van der Waals surface area contributed by atoms with Crippen molar-refractivity contribution in [2.45, 2.75) is 52.3 Å². The number of anilines is 1. The Balaban J connectivity index is 1.49. The van der Waals surface area contributed by atoms with Crippen LogP contribution in [-0.2, 0) is 20.8 Å². The van der Waals surface area contributed by atoms with Gasteiger partial charge in [-0.3, -0.25) is 14.8 Å². The number of hydrogen-bond acceptors (Lipinski definition) is 7. The first kappa shape index (κ1) is 26.3. The highest BCUT2D eigenvalue weighted by Gasteiger charge is 2.35. The average molecular weight is 503 g/mol. The number of aromatic nitrogens is 2. The van der Waals surface area contributed by atoms with E-state index in [4.69, 9.17) is 9.47 Å². The molecule has 1 aromatic carbocycles. The third-order valence-electron chi connectivity index (χ3n) is 5.99. The summed E-state index contributed by atoms with van der Waals surface area (Å²) in [6, 6.07) is 13.8. The van der Waals surface area contributed by atoms with E-state index in [-0.39, 0.29) is 6.04 Å². The van der Waals surface area contributed by atoms with E-state index in [9.17, 15) is 9.59 Å². The zero-order valence-corrected chi connectivity index (χ0v) is 21.9. The number of pyridine rings is 2. The van der Waals surface area contributed by atoms with Gasteiger partial charge < -0.3 is 9.47 Å². The third kappa shape index (κ3) is 7.13. The van der Waals surface area contributed by atoms with Crippen LogP contribution in [0.5, 0.6) is 0 Å². The maximum absolute atomic E-state index is 13.3. The van der Waals surface area contributed by atoms with Crippen molar-refractivity contribution < 1.29 is 19.1 Å². The molecule has 0 saturated carbocycles. The van der Waals surface area contributed by atoms with E-state index in [1.807, 2.05) is 45.2 Å². The summed E-state index contributed by atoms with van der Waals surface area (Å²) in [7, 11) is 0. The average Bonchev–Trinajstić information content (AvgIpc) is 3.30. The minimum Gasteiger partial charge on any atom is -0.463 e. The van der Waals surface area contributed by atoms with Crippen LogP contribution < -0.4 is 4.90 Å². The normalized spacial score (nSPS) is 16.3. The van der Waals surface area contributed by atoms with Gasteiger partial charge in [-0.15, -0.1) is 0 Å². The Bertz CT molecular complexity index is 1270. The van der Waals surface area contributed by atoms with Gasteiger partial charge in [0.2, 0.25) is 0 Å². The molecule has 1 atom stereocenters. The molecule has 8 heteroatoms. The van der Waals surface area contributed by atoms with E-state index < -0.39 is 17.7 Å². The second-order valence-electron chi connectivity index (χ2n) is 10.1. The Kier molecular flexibility index (Phi) is 8.18. The fraction of sp³-hybridized carbons (Fsp3) is 0.379. The van der Waals surface area contributed by atoms with Crippen molar-refractivity contribution in [1.82, 2.24) is 14.9 Å². The lowest BCUT2D eigenvalue weighted by Gasteiger charge is -2.31. The highest BCUT2D eigenvalue weighted by Crippen LogP contribution is 2.26. The van der Waals surface area contributed by atoms with Crippen LogP contribution in [0.15, 0.2) is 60.9 Å².